The highest BCUT2D eigenvalue weighted by molar-refractivity contribution is 7.08. The molecule has 0 radical (unpaired) electrons. The summed E-state index contributed by atoms with van der Waals surface area (Å²) in [5.74, 6) is -0.184. The number of allylic oxidation sites excluding steroid dienone is 1. The Morgan fingerprint density at radius 1 is 1.10 bits per heavy atom. The van der Waals surface area contributed by atoms with Crippen LogP contribution >= 0.6 is 11.3 Å². The molecule has 5 rings (SSSR count). The minimum absolute atomic E-state index is 0.176. The highest BCUT2D eigenvalue weighted by atomic mass is 32.1. The van der Waals surface area contributed by atoms with Crippen molar-refractivity contribution >= 4 is 35.1 Å². The lowest BCUT2D eigenvalue weighted by Crippen LogP contribution is -2.21. The number of ether oxygens (including phenoxy) is 3. The molecule has 0 saturated heterocycles. The summed E-state index contributed by atoms with van der Waals surface area (Å²) in [5.41, 5.74) is 3.27. The number of hydrogen-bond acceptors (Lipinski definition) is 7. The Morgan fingerprint density at radius 3 is 2.61 bits per heavy atom. The van der Waals surface area contributed by atoms with Gasteiger partial charge in [-0.2, -0.15) is 11.3 Å². The summed E-state index contributed by atoms with van der Waals surface area (Å²) >= 11 is 1.55. The van der Waals surface area contributed by atoms with Gasteiger partial charge in [0.15, 0.2) is 5.76 Å². The second kappa shape index (κ2) is 7.52. The van der Waals surface area contributed by atoms with Crippen LogP contribution in [0, 0.1) is 0 Å². The fraction of sp³-hybridized carbons (Fsp3) is 0.125. The Bertz CT molecular complexity index is 1240. The van der Waals surface area contributed by atoms with Gasteiger partial charge in [0.1, 0.15) is 11.5 Å². The zero-order valence-electron chi connectivity index (χ0n) is 16.4. The van der Waals surface area contributed by atoms with Crippen molar-refractivity contribution in [2.45, 2.75) is 12.3 Å². The van der Waals surface area contributed by atoms with Gasteiger partial charge >= 0.3 is 11.9 Å². The van der Waals surface area contributed by atoms with E-state index in [4.69, 9.17) is 14.2 Å². The van der Waals surface area contributed by atoms with Gasteiger partial charge in [-0.1, -0.05) is 12.1 Å². The van der Waals surface area contributed by atoms with Crippen LogP contribution in [0.5, 0.6) is 11.5 Å². The normalized spacial score (nSPS) is 18.2. The molecule has 0 N–H and O–H groups in total. The molecule has 2 aliphatic rings. The summed E-state index contributed by atoms with van der Waals surface area (Å²) in [6, 6.07) is 11.9. The van der Waals surface area contributed by atoms with E-state index >= 15 is 0 Å². The van der Waals surface area contributed by atoms with E-state index in [1.807, 2.05) is 16.8 Å². The third-order valence-corrected chi connectivity index (χ3v) is 6.06. The molecule has 3 aromatic rings. The molecule has 0 unspecified atom stereocenters. The van der Waals surface area contributed by atoms with Crippen LogP contribution in [0.4, 0.5) is 0 Å². The van der Waals surface area contributed by atoms with Crippen LogP contribution in [-0.4, -0.2) is 24.8 Å². The van der Waals surface area contributed by atoms with E-state index in [-0.39, 0.29) is 29.9 Å². The van der Waals surface area contributed by atoms with Crippen molar-refractivity contribution in [2.75, 3.05) is 7.11 Å². The molecule has 1 aromatic heterocycles. The first kappa shape index (κ1) is 19.3. The van der Waals surface area contributed by atoms with Crippen LogP contribution in [0.1, 0.15) is 49.7 Å². The lowest BCUT2D eigenvalue weighted by molar-refractivity contribution is -0.135. The smallest absolute Gasteiger partial charge is 0.337 e. The van der Waals surface area contributed by atoms with E-state index in [1.54, 1.807) is 53.8 Å². The SMILES string of the molecule is COC(=O)c1ccc(/C=C2\Oc3c(ccc4c3[C@@H](c3ccsc3)CC(=O)O4)C2=O)cc1. The van der Waals surface area contributed by atoms with Crippen molar-refractivity contribution in [3.63, 3.8) is 0 Å². The van der Waals surface area contributed by atoms with Crippen LogP contribution in [-0.2, 0) is 9.53 Å². The van der Waals surface area contributed by atoms with E-state index in [9.17, 15) is 14.4 Å². The topological polar surface area (TPSA) is 78.9 Å². The fourth-order valence-corrected chi connectivity index (χ4v) is 4.56. The minimum Gasteiger partial charge on any atom is -0.465 e. The number of benzene rings is 2. The van der Waals surface area contributed by atoms with Crippen LogP contribution in [0.15, 0.2) is 59.0 Å². The van der Waals surface area contributed by atoms with Crippen LogP contribution in [0.25, 0.3) is 6.08 Å². The molecule has 154 valence electrons. The van der Waals surface area contributed by atoms with Gasteiger partial charge in [-0.05, 0) is 58.3 Å². The Labute approximate surface area is 181 Å². The zero-order valence-corrected chi connectivity index (χ0v) is 17.2. The van der Waals surface area contributed by atoms with Crippen LogP contribution in [0.3, 0.4) is 0 Å². The van der Waals surface area contributed by atoms with Gasteiger partial charge < -0.3 is 14.2 Å². The average Bonchev–Trinajstić information content (AvgIpc) is 3.42. The molecular weight excluding hydrogens is 416 g/mol. The monoisotopic (exact) mass is 432 g/mol. The molecule has 31 heavy (non-hydrogen) atoms. The van der Waals surface area contributed by atoms with E-state index in [0.29, 0.717) is 33.8 Å². The predicted molar refractivity (Wildman–Crippen MR) is 114 cm³/mol. The third-order valence-electron chi connectivity index (χ3n) is 5.35. The molecule has 0 spiro atoms. The van der Waals surface area contributed by atoms with Crippen LogP contribution < -0.4 is 9.47 Å². The second-order valence-electron chi connectivity index (χ2n) is 7.19. The summed E-state index contributed by atoms with van der Waals surface area (Å²) in [7, 11) is 1.32. The number of esters is 2. The van der Waals surface area contributed by atoms with Gasteiger partial charge in [-0.25, -0.2) is 4.79 Å². The maximum absolute atomic E-state index is 13.0. The molecule has 3 heterocycles. The van der Waals surface area contributed by atoms with Gasteiger partial charge in [0.25, 0.3) is 0 Å². The van der Waals surface area contributed by atoms with Crippen molar-refractivity contribution in [1.29, 1.82) is 0 Å². The van der Waals surface area contributed by atoms with Gasteiger partial charge in [-0.15, -0.1) is 0 Å². The van der Waals surface area contributed by atoms with Crippen LogP contribution in [0.2, 0.25) is 0 Å². The number of fused-ring (bicyclic) bond motifs is 3. The van der Waals surface area contributed by atoms with Gasteiger partial charge in [0, 0.05) is 11.5 Å². The van der Waals surface area contributed by atoms with E-state index in [2.05, 4.69) is 0 Å². The highest BCUT2D eigenvalue weighted by Gasteiger charge is 2.38. The molecule has 0 bridgehead atoms. The van der Waals surface area contributed by atoms with Gasteiger partial charge in [0.05, 0.1) is 24.7 Å². The average molecular weight is 432 g/mol. The first-order valence-electron chi connectivity index (χ1n) is 9.57. The lowest BCUT2D eigenvalue weighted by Gasteiger charge is -2.25. The predicted octanol–water partition coefficient (Wildman–Crippen LogP) is 4.59. The number of hydrogen-bond donors (Lipinski definition) is 0. The number of Topliss-reactive ketones (excluding diaryl/α,β-unsaturated/α-hetero) is 1. The van der Waals surface area contributed by atoms with Crippen molar-refractivity contribution in [2.24, 2.45) is 0 Å². The number of ketones is 1. The summed E-state index contributed by atoms with van der Waals surface area (Å²) in [6.07, 6.45) is 1.82. The first-order chi connectivity index (χ1) is 15.0. The lowest BCUT2D eigenvalue weighted by atomic mass is 9.86. The van der Waals surface area contributed by atoms with Crippen molar-refractivity contribution in [3.05, 3.63) is 86.8 Å². The van der Waals surface area contributed by atoms with Gasteiger partial charge in [0.2, 0.25) is 5.78 Å². The summed E-state index contributed by atoms with van der Waals surface area (Å²) in [6.45, 7) is 0. The highest BCUT2D eigenvalue weighted by Crippen LogP contribution is 2.49. The quantitative estimate of drug-likeness (QED) is 0.342. The number of methoxy groups -OCH3 is 1. The summed E-state index contributed by atoms with van der Waals surface area (Å²) in [4.78, 5) is 36.7. The molecule has 2 aromatic carbocycles. The molecule has 1 atom stereocenters. The molecule has 6 nitrogen and oxygen atoms in total. The Morgan fingerprint density at radius 2 is 1.90 bits per heavy atom. The number of carbonyl (C=O) groups is 3. The summed E-state index contributed by atoms with van der Waals surface area (Å²) in [5, 5.41) is 3.94. The fourth-order valence-electron chi connectivity index (χ4n) is 3.85. The Hall–Kier alpha value is -3.71. The number of thiophene rings is 1. The Balaban J connectivity index is 1.53. The molecule has 2 aliphatic heterocycles. The molecule has 0 aliphatic carbocycles. The van der Waals surface area contributed by atoms with Crippen molar-refractivity contribution in [3.8, 4) is 11.5 Å². The molecule has 7 heteroatoms. The first-order valence-corrected chi connectivity index (χ1v) is 10.5. The van der Waals surface area contributed by atoms with Crippen molar-refractivity contribution < 1.29 is 28.6 Å². The zero-order chi connectivity index (χ0) is 21.5. The van der Waals surface area contributed by atoms with E-state index in [0.717, 1.165) is 5.56 Å². The summed E-state index contributed by atoms with van der Waals surface area (Å²) < 4.78 is 16.1. The van der Waals surface area contributed by atoms with Crippen molar-refractivity contribution in [1.82, 2.24) is 0 Å². The minimum atomic E-state index is -0.430. The largest absolute Gasteiger partial charge is 0.465 e. The number of rotatable bonds is 3. The Kier molecular flexibility index (Phi) is 4.67. The third kappa shape index (κ3) is 3.33. The molecule has 0 fully saturated rings. The molecule has 0 saturated carbocycles. The second-order valence-corrected chi connectivity index (χ2v) is 7.97. The number of carbonyl (C=O) groups excluding carboxylic acids is 3. The maximum atomic E-state index is 13.0. The standard InChI is InChI=1S/C24H16O6S/c1-28-24(27)14-4-2-13(3-5-14)10-19-22(26)16-6-7-18-21(23(16)30-19)17(11-20(25)29-18)15-8-9-31-12-15/h2-10,12,17H,11H2,1H3/b19-10-/t17-/m1/s1. The molecule has 0 amide bonds. The molecular formula is C24H16O6S. The van der Waals surface area contributed by atoms with E-state index < -0.39 is 5.97 Å². The maximum Gasteiger partial charge on any atom is 0.337 e. The van der Waals surface area contributed by atoms with Gasteiger partial charge in [-0.3, -0.25) is 9.59 Å². The van der Waals surface area contributed by atoms with E-state index in [1.165, 1.54) is 7.11 Å².